The van der Waals surface area contributed by atoms with E-state index in [1.54, 1.807) is 0 Å². The number of nitrogens with one attached hydrogen (secondary N) is 1. The van der Waals surface area contributed by atoms with E-state index in [9.17, 15) is 0 Å². The first-order valence-electron chi connectivity index (χ1n) is 6.21. The van der Waals surface area contributed by atoms with Gasteiger partial charge in [0.1, 0.15) is 0 Å². The molecule has 1 aliphatic rings. The molecule has 14 heavy (non-hydrogen) atoms. The molecular weight excluding hydrogens is 172 g/mol. The van der Waals surface area contributed by atoms with Crippen molar-refractivity contribution in [3.8, 4) is 0 Å². The molecule has 0 aromatic heterocycles. The summed E-state index contributed by atoms with van der Waals surface area (Å²) in [7, 11) is 0. The van der Waals surface area contributed by atoms with E-state index < -0.39 is 0 Å². The van der Waals surface area contributed by atoms with Crippen LogP contribution in [0, 0.1) is 11.8 Å². The zero-order chi connectivity index (χ0) is 10.4. The van der Waals surface area contributed by atoms with Gasteiger partial charge in [0.25, 0.3) is 0 Å². The smallest absolute Gasteiger partial charge is 0.0107 e. The van der Waals surface area contributed by atoms with Gasteiger partial charge < -0.3 is 11.1 Å². The molecule has 0 aliphatic heterocycles. The third kappa shape index (κ3) is 3.58. The van der Waals surface area contributed by atoms with E-state index in [0.29, 0.717) is 6.04 Å². The second kappa shape index (κ2) is 6.41. The Morgan fingerprint density at radius 2 is 2.07 bits per heavy atom. The second-order valence-corrected chi connectivity index (χ2v) is 4.81. The zero-order valence-corrected chi connectivity index (χ0v) is 9.76. The Morgan fingerprint density at radius 1 is 1.36 bits per heavy atom. The van der Waals surface area contributed by atoms with Gasteiger partial charge in [0.05, 0.1) is 0 Å². The number of rotatable bonds is 5. The fourth-order valence-electron chi connectivity index (χ4n) is 2.26. The molecule has 0 heterocycles. The summed E-state index contributed by atoms with van der Waals surface area (Å²) in [5.41, 5.74) is 5.79. The molecule has 1 saturated carbocycles. The first-order valence-corrected chi connectivity index (χ1v) is 6.21. The molecule has 3 atom stereocenters. The van der Waals surface area contributed by atoms with Gasteiger partial charge in [-0.1, -0.05) is 33.1 Å². The molecule has 0 aromatic carbocycles. The van der Waals surface area contributed by atoms with Gasteiger partial charge in [-0.15, -0.1) is 0 Å². The quantitative estimate of drug-likeness (QED) is 0.710. The van der Waals surface area contributed by atoms with E-state index in [0.717, 1.165) is 24.9 Å². The number of hydrogen-bond donors (Lipinski definition) is 2. The Morgan fingerprint density at radius 3 is 2.71 bits per heavy atom. The van der Waals surface area contributed by atoms with Crippen molar-refractivity contribution in [2.45, 2.75) is 52.0 Å². The summed E-state index contributed by atoms with van der Waals surface area (Å²) in [6.07, 6.45) is 6.69. The van der Waals surface area contributed by atoms with Gasteiger partial charge in [-0.25, -0.2) is 0 Å². The molecule has 0 bridgehead atoms. The monoisotopic (exact) mass is 198 g/mol. The van der Waals surface area contributed by atoms with Crippen LogP contribution in [-0.2, 0) is 0 Å². The minimum atomic E-state index is 0.697. The Labute approximate surface area is 88.6 Å². The van der Waals surface area contributed by atoms with Crippen LogP contribution in [0.2, 0.25) is 0 Å². The minimum absolute atomic E-state index is 0.697. The average Bonchev–Trinajstić information content (AvgIpc) is 2.26. The Balaban J connectivity index is 2.26. The highest BCUT2D eigenvalue weighted by molar-refractivity contribution is 4.81. The van der Waals surface area contributed by atoms with Crippen molar-refractivity contribution in [3.63, 3.8) is 0 Å². The third-order valence-electron chi connectivity index (χ3n) is 3.64. The molecule has 0 spiro atoms. The van der Waals surface area contributed by atoms with Crippen LogP contribution in [-0.4, -0.2) is 19.1 Å². The summed E-state index contributed by atoms with van der Waals surface area (Å²) in [6, 6.07) is 0.697. The maximum Gasteiger partial charge on any atom is 0.0107 e. The van der Waals surface area contributed by atoms with Crippen molar-refractivity contribution < 1.29 is 0 Å². The first-order chi connectivity index (χ1) is 6.77. The summed E-state index contributed by atoms with van der Waals surface area (Å²) in [5.74, 6) is 1.53. The standard InChI is InChI=1S/C12H26N2/c1-3-10(2)9-14-12-7-5-4-6-11(12)8-13/h10-12,14H,3-9,13H2,1-2H3. The average molecular weight is 198 g/mol. The molecule has 2 nitrogen and oxygen atoms in total. The number of hydrogen-bond acceptors (Lipinski definition) is 2. The highest BCUT2D eigenvalue weighted by atomic mass is 14.9. The molecule has 1 aliphatic carbocycles. The Hall–Kier alpha value is -0.0800. The van der Waals surface area contributed by atoms with Gasteiger partial charge >= 0.3 is 0 Å². The normalized spacial score (nSPS) is 30.2. The van der Waals surface area contributed by atoms with E-state index >= 15 is 0 Å². The highest BCUT2D eigenvalue weighted by Crippen LogP contribution is 2.23. The first kappa shape index (κ1) is 12.0. The van der Waals surface area contributed by atoms with E-state index in [2.05, 4.69) is 19.2 Å². The topological polar surface area (TPSA) is 38.0 Å². The third-order valence-corrected chi connectivity index (χ3v) is 3.64. The summed E-state index contributed by atoms with van der Waals surface area (Å²) >= 11 is 0. The zero-order valence-electron chi connectivity index (χ0n) is 9.76. The highest BCUT2D eigenvalue weighted by Gasteiger charge is 2.23. The molecule has 1 fully saturated rings. The lowest BCUT2D eigenvalue weighted by atomic mass is 9.84. The van der Waals surface area contributed by atoms with Crippen molar-refractivity contribution in [1.29, 1.82) is 0 Å². The lowest BCUT2D eigenvalue weighted by Crippen LogP contribution is -2.43. The molecule has 0 amide bonds. The predicted molar refractivity (Wildman–Crippen MR) is 62.3 cm³/mol. The summed E-state index contributed by atoms with van der Waals surface area (Å²) in [6.45, 7) is 6.59. The van der Waals surface area contributed by atoms with Gasteiger partial charge in [0.2, 0.25) is 0 Å². The van der Waals surface area contributed by atoms with E-state index in [-0.39, 0.29) is 0 Å². The van der Waals surface area contributed by atoms with Crippen LogP contribution >= 0.6 is 0 Å². The van der Waals surface area contributed by atoms with Crippen LogP contribution in [0.4, 0.5) is 0 Å². The van der Waals surface area contributed by atoms with E-state index in [4.69, 9.17) is 5.73 Å². The Kier molecular flexibility index (Phi) is 5.49. The maximum absolute atomic E-state index is 5.79. The molecule has 3 unspecified atom stereocenters. The SMILES string of the molecule is CCC(C)CNC1CCCCC1CN. The molecule has 2 heteroatoms. The van der Waals surface area contributed by atoms with E-state index in [1.165, 1.54) is 32.1 Å². The summed E-state index contributed by atoms with van der Waals surface area (Å²) < 4.78 is 0. The second-order valence-electron chi connectivity index (χ2n) is 4.81. The van der Waals surface area contributed by atoms with E-state index in [1.807, 2.05) is 0 Å². The molecular formula is C12H26N2. The summed E-state index contributed by atoms with van der Waals surface area (Å²) in [5, 5.41) is 3.69. The molecule has 1 rings (SSSR count). The molecule has 84 valence electrons. The van der Waals surface area contributed by atoms with Gasteiger partial charge in [0.15, 0.2) is 0 Å². The van der Waals surface area contributed by atoms with Crippen LogP contribution < -0.4 is 11.1 Å². The van der Waals surface area contributed by atoms with Crippen LogP contribution in [0.5, 0.6) is 0 Å². The van der Waals surface area contributed by atoms with Crippen molar-refractivity contribution >= 4 is 0 Å². The fraction of sp³-hybridized carbons (Fsp3) is 1.00. The molecule has 0 saturated heterocycles. The number of nitrogens with two attached hydrogens (primary N) is 1. The van der Waals surface area contributed by atoms with Crippen molar-refractivity contribution in [3.05, 3.63) is 0 Å². The maximum atomic E-state index is 5.79. The van der Waals surface area contributed by atoms with Crippen LogP contribution in [0.25, 0.3) is 0 Å². The van der Waals surface area contributed by atoms with Gasteiger partial charge in [-0.2, -0.15) is 0 Å². The summed E-state index contributed by atoms with van der Waals surface area (Å²) in [4.78, 5) is 0. The predicted octanol–water partition coefficient (Wildman–Crippen LogP) is 2.14. The molecule has 0 radical (unpaired) electrons. The lowest BCUT2D eigenvalue weighted by Gasteiger charge is -2.32. The largest absolute Gasteiger partial charge is 0.330 e. The van der Waals surface area contributed by atoms with Crippen molar-refractivity contribution in [2.75, 3.05) is 13.1 Å². The minimum Gasteiger partial charge on any atom is -0.330 e. The fourth-order valence-corrected chi connectivity index (χ4v) is 2.26. The molecule has 3 N–H and O–H groups in total. The van der Waals surface area contributed by atoms with Crippen LogP contribution in [0.3, 0.4) is 0 Å². The Bertz CT molecular complexity index is 147. The lowest BCUT2D eigenvalue weighted by molar-refractivity contribution is 0.258. The van der Waals surface area contributed by atoms with Gasteiger partial charge in [0, 0.05) is 6.04 Å². The van der Waals surface area contributed by atoms with Crippen LogP contribution in [0.1, 0.15) is 46.0 Å². The van der Waals surface area contributed by atoms with Crippen LogP contribution in [0.15, 0.2) is 0 Å². The van der Waals surface area contributed by atoms with Gasteiger partial charge in [-0.3, -0.25) is 0 Å². The van der Waals surface area contributed by atoms with Crippen molar-refractivity contribution in [1.82, 2.24) is 5.32 Å². The van der Waals surface area contributed by atoms with Gasteiger partial charge in [-0.05, 0) is 37.8 Å². The van der Waals surface area contributed by atoms with Crippen molar-refractivity contribution in [2.24, 2.45) is 17.6 Å². The molecule has 0 aromatic rings.